The third-order valence-corrected chi connectivity index (χ3v) is 12.3. The van der Waals surface area contributed by atoms with Crippen molar-refractivity contribution in [3.63, 3.8) is 0 Å². The Morgan fingerprint density at radius 3 is 2.72 bits per heavy atom. The smallest absolute Gasteiger partial charge is 0.325 e. The number of alkyl halides is 2. The second-order valence-electron chi connectivity index (χ2n) is 12.5. The van der Waals surface area contributed by atoms with Gasteiger partial charge < -0.3 is 13.0 Å². The molecule has 1 N–H and O–H groups in total. The SMILES string of the molecule is CC(C)=C(/C=C\C1=C(I)N(I)CCC1)CCCCC(F)(F)[C@@H]1CCN(C(C(=O)O)c2cc(P)cnc2O[C@H]2C[C@@H](C)C2)C1. The monoisotopic (exact) mass is 841 g/mol. The summed E-state index contributed by atoms with van der Waals surface area (Å²) in [5.74, 6) is -3.93. The molecule has 0 radical (unpaired) electrons. The van der Waals surface area contributed by atoms with Crippen LogP contribution < -0.4 is 10.0 Å². The van der Waals surface area contributed by atoms with Crippen molar-refractivity contribution >= 4 is 66.0 Å². The molecule has 1 aromatic heterocycles. The average molecular weight is 841 g/mol. The van der Waals surface area contributed by atoms with Crippen LogP contribution in [0.5, 0.6) is 5.88 Å². The molecule has 3 atom stereocenters. The summed E-state index contributed by atoms with van der Waals surface area (Å²) in [6, 6.07) is 0.674. The number of likely N-dealkylation sites (tertiary alicyclic amines) is 1. The number of hydrogen-bond acceptors (Lipinski definition) is 5. The lowest BCUT2D eigenvalue weighted by Gasteiger charge is -2.34. The van der Waals surface area contributed by atoms with Gasteiger partial charge in [-0.25, -0.2) is 13.8 Å². The molecule has 1 aliphatic carbocycles. The van der Waals surface area contributed by atoms with E-state index in [0.717, 1.165) is 44.0 Å². The number of halogens is 4. The van der Waals surface area contributed by atoms with E-state index in [0.29, 0.717) is 36.7 Å². The number of carboxylic acids is 1. The fourth-order valence-corrected chi connectivity index (χ4v) is 7.81. The molecule has 1 saturated heterocycles. The molecule has 0 aromatic carbocycles. The molecule has 0 bridgehead atoms. The van der Waals surface area contributed by atoms with Crippen molar-refractivity contribution < 1.29 is 23.4 Å². The van der Waals surface area contributed by atoms with Gasteiger partial charge in [-0.2, -0.15) is 0 Å². The van der Waals surface area contributed by atoms with Gasteiger partial charge in [0.1, 0.15) is 12.1 Å². The fraction of sp³-hybridized carbons (Fsp3) is 0.625. The molecule has 2 aliphatic heterocycles. The lowest BCUT2D eigenvalue weighted by atomic mass is 9.84. The van der Waals surface area contributed by atoms with Crippen LogP contribution in [0, 0.1) is 11.8 Å². The van der Waals surface area contributed by atoms with Crippen LogP contribution in [0.25, 0.3) is 0 Å². The number of carboxylic acid groups (broad SMARTS) is 1. The quantitative estimate of drug-likeness (QED) is 0.0538. The summed E-state index contributed by atoms with van der Waals surface area (Å²) in [6.07, 6.45) is 12.0. The number of allylic oxidation sites excluding steroid dienone is 5. The van der Waals surface area contributed by atoms with Gasteiger partial charge >= 0.3 is 5.97 Å². The van der Waals surface area contributed by atoms with Gasteiger partial charge in [0.25, 0.3) is 5.92 Å². The largest absolute Gasteiger partial charge is 0.480 e. The molecule has 2 fully saturated rings. The minimum Gasteiger partial charge on any atom is -0.480 e. The molecule has 11 heteroatoms. The zero-order valence-corrected chi connectivity index (χ0v) is 30.8. The molecule has 0 amide bonds. The third-order valence-electron chi connectivity index (χ3n) is 8.83. The van der Waals surface area contributed by atoms with E-state index >= 15 is 8.78 Å². The molecular formula is C32H44F2I2N3O3P. The summed E-state index contributed by atoms with van der Waals surface area (Å²) in [4.78, 5) is 18.6. The number of ether oxygens (including phenoxy) is 1. The molecule has 3 aliphatic rings. The maximum absolute atomic E-state index is 15.5. The second-order valence-corrected chi connectivity index (χ2v) is 15.4. The van der Waals surface area contributed by atoms with Crippen LogP contribution in [0.3, 0.4) is 0 Å². The maximum atomic E-state index is 15.5. The second kappa shape index (κ2) is 15.6. The number of hydrogen-bond donors (Lipinski definition) is 1. The Bertz CT molecular complexity index is 1250. The van der Waals surface area contributed by atoms with E-state index in [4.69, 9.17) is 4.74 Å². The minimum atomic E-state index is -2.85. The van der Waals surface area contributed by atoms with Crippen LogP contribution in [-0.4, -0.2) is 55.7 Å². The van der Waals surface area contributed by atoms with Gasteiger partial charge in [-0.15, -0.1) is 9.24 Å². The van der Waals surface area contributed by atoms with Crippen LogP contribution in [0.2, 0.25) is 0 Å². The predicted octanol–water partition coefficient (Wildman–Crippen LogP) is 8.39. The summed E-state index contributed by atoms with van der Waals surface area (Å²) >= 11 is 4.75. The zero-order valence-electron chi connectivity index (χ0n) is 25.3. The molecule has 0 spiro atoms. The topological polar surface area (TPSA) is 65.9 Å². The lowest BCUT2D eigenvalue weighted by molar-refractivity contribution is -0.143. The van der Waals surface area contributed by atoms with Gasteiger partial charge in [-0.1, -0.05) is 24.6 Å². The van der Waals surface area contributed by atoms with Gasteiger partial charge in [0, 0.05) is 37.2 Å². The van der Waals surface area contributed by atoms with Crippen LogP contribution in [0.4, 0.5) is 8.78 Å². The highest BCUT2D eigenvalue weighted by molar-refractivity contribution is 14.1. The standard InChI is InChI=1S/C32H44F2I2N3O3P/c1-20(2)22(9-10-23-8-6-13-39(36)29(23)35)7-4-5-12-32(33,34)24-11-14-38(19-24)28(31(40)41)27-17-26(43)18-37-30(27)42-25-15-21(3)16-25/h9-10,17-18,21,24-25,28H,4-8,11-16,19,43H2,1-3H3,(H,40,41)/b10-9-/t21-,24-,25+,28?/m1/s1. The predicted molar refractivity (Wildman–Crippen MR) is 188 cm³/mol. The Kier molecular flexibility index (Phi) is 12.7. The van der Waals surface area contributed by atoms with Crippen LogP contribution in [0.1, 0.15) is 90.2 Å². The molecule has 1 saturated carbocycles. The number of aliphatic carboxylic acids is 1. The lowest BCUT2D eigenvalue weighted by Crippen LogP contribution is -2.37. The zero-order chi connectivity index (χ0) is 31.3. The number of nitrogens with zero attached hydrogens (tertiary/aromatic N) is 3. The highest BCUT2D eigenvalue weighted by Crippen LogP contribution is 2.41. The van der Waals surface area contributed by atoms with Crippen LogP contribution >= 0.6 is 54.7 Å². The van der Waals surface area contributed by atoms with Gasteiger partial charge in [-0.3, -0.25) is 9.69 Å². The normalized spacial score (nSPS) is 23.9. The van der Waals surface area contributed by atoms with Crippen molar-refractivity contribution in [2.24, 2.45) is 11.8 Å². The molecule has 6 nitrogen and oxygen atoms in total. The maximum Gasteiger partial charge on any atom is 0.325 e. The number of unbranched alkanes of at least 4 members (excludes halogenated alkanes) is 1. The summed E-state index contributed by atoms with van der Waals surface area (Å²) < 4.78 is 40.5. The van der Waals surface area contributed by atoms with E-state index in [1.165, 1.54) is 20.4 Å². The highest BCUT2D eigenvalue weighted by atomic mass is 127. The summed E-state index contributed by atoms with van der Waals surface area (Å²) in [5, 5.41) is 11.0. The van der Waals surface area contributed by atoms with E-state index in [1.54, 1.807) is 17.2 Å². The Morgan fingerprint density at radius 1 is 1.30 bits per heavy atom. The van der Waals surface area contributed by atoms with E-state index in [9.17, 15) is 9.90 Å². The molecule has 4 rings (SSSR count). The molecule has 1 aromatic rings. The molecule has 238 valence electrons. The van der Waals surface area contributed by atoms with E-state index in [1.807, 2.05) is 0 Å². The van der Waals surface area contributed by atoms with E-state index in [2.05, 4.69) is 95.7 Å². The van der Waals surface area contributed by atoms with Crippen molar-refractivity contribution in [3.05, 3.63) is 50.4 Å². The van der Waals surface area contributed by atoms with E-state index < -0.39 is 23.9 Å². The number of rotatable bonds is 13. The highest BCUT2D eigenvalue weighted by Gasteiger charge is 2.46. The molecular weight excluding hydrogens is 797 g/mol. The summed E-state index contributed by atoms with van der Waals surface area (Å²) in [7, 11) is 2.54. The Morgan fingerprint density at radius 2 is 2.05 bits per heavy atom. The molecule has 2 unspecified atom stereocenters. The summed E-state index contributed by atoms with van der Waals surface area (Å²) in [6.45, 7) is 7.71. The van der Waals surface area contributed by atoms with Gasteiger partial charge in [-0.05, 0) is 123 Å². The Labute approximate surface area is 285 Å². The van der Waals surface area contributed by atoms with Crippen LogP contribution in [0.15, 0.2) is 44.8 Å². The first-order valence-electron chi connectivity index (χ1n) is 15.3. The number of aromatic nitrogens is 1. The van der Waals surface area contributed by atoms with Gasteiger partial charge in [0.05, 0.1) is 26.6 Å². The van der Waals surface area contributed by atoms with Gasteiger partial charge in [0.15, 0.2) is 0 Å². The Hall–Kier alpha value is -0.850. The average Bonchev–Trinajstić information content (AvgIpc) is 3.41. The molecule has 43 heavy (non-hydrogen) atoms. The number of carbonyl (C=O) groups is 1. The van der Waals surface area contributed by atoms with Crippen molar-refractivity contribution in [1.29, 1.82) is 0 Å². The van der Waals surface area contributed by atoms with Crippen molar-refractivity contribution in [3.8, 4) is 5.88 Å². The summed E-state index contributed by atoms with van der Waals surface area (Å²) in [5.41, 5.74) is 4.19. The van der Waals surface area contributed by atoms with Crippen molar-refractivity contribution in [1.82, 2.24) is 13.0 Å². The minimum absolute atomic E-state index is 0.0125. The fourth-order valence-electron chi connectivity index (χ4n) is 6.21. The first-order valence-corrected chi connectivity index (χ1v) is 17.9. The first kappa shape index (κ1) is 35.0. The van der Waals surface area contributed by atoms with Gasteiger partial charge in [0.2, 0.25) is 5.88 Å². The van der Waals surface area contributed by atoms with Crippen molar-refractivity contribution in [2.75, 3.05) is 19.6 Å². The molecule has 3 heterocycles. The number of pyridine rings is 1. The Balaban J connectivity index is 1.34. The van der Waals surface area contributed by atoms with Crippen molar-refractivity contribution in [2.45, 2.75) is 96.6 Å². The third kappa shape index (κ3) is 9.35. The van der Waals surface area contributed by atoms with Crippen LogP contribution in [-0.2, 0) is 4.79 Å². The van der Waals surface area contributed by atoms with E-state index in [-0.39, 0.29) is 25.5 Å². The first-order chi connectivity index (χ1) is 20.4.